The van der Waals surface area contributed by atoms with Gasteiger partial charge in [0, 0.05) is 44.4 Å². The quantitative estimate of drug-likeness (QED) is 0.642. The van der Waals surface area contributed by atoms with Gasteiger partial charge in [0.25, 0.3) is 11.8 Å². The lowest BCUT2D eigenvalue weighted by molar-refractivity contribution is 0.0672. The maximum Gasteiger partial charge on any atom is 0.280 e. The van der Waals surface area contributed by atoms with E-state index in [0.29, 0.717) is 29.6 Å². The molecule has 1 atom stereocenters. The summed E-state index contributed by atoms with van der Waals surface area (Å²) in [6.45, 7) is 1.36. The van der Waals surface area contributed by atoms with Gasteiger partial charge in [0.1, 0.15) is 0 Å². The number of hydrogen-bond acceptors (Lipinski definition) is 7. The Morgan fingerprint density at radius 1 is 1.17 bits per heavy atom. The second kappa shape index (κ2) is 7.55. The molecule has 30 heavy (non-hydrogen) atoms. The standard InChI is InChI=1S/C21H25N7O2/c1-26(2)16-9-7-15(8-10-16)21(29)27-11-3-4-17(12-27)28-13-18(23-25-28)20-22-19(24-30-20)14-5-6-14/h7-10,13-14,17H,3-6,11-12H2,1-2H3. The number of benzene rings is 1. The number of nitrogens with zero attached hydrogens (tertiary/aromatic N) is 7. The van der Waals surface area contributed by atoms with Crippen LogP contribution in [0.5, 0.6) is 0 Å². The normalized spacial score (nSPS) is 19.1. The summed E-state index contributed by atoms with van der Waals surface area (Å²) in [5.41, 5.74) is 2.36. The first-order valence-corrected chi connectivity index (χ1v) is 10.4. The van der Waals surface area contributed by atoms with Crippen molar-refractivity contribution in [3.8, 4) is 11.6 Å². The third kappa shape index (κ3) is 3.67. The van der Waals surface area contributed by atoms with Gasteiger partial charge in [-0.05, 0) is 49.9 Å². The molecular weight excluding hydrogens is 382 g/mol. The van der Waals surface area contributed by atoms with Crippen LogP contribution in [0.2, 0.25) is 0 Å². The number of carbonyl (C=O) groups is 1. The highest BCUT2D eigenvalue weighted by Crippen LogP contribution is 2.38. The first-order valence-electron chi connectivity index (χ1n) is 10.4. The van der Waals surface area contributed by atoms with E-state index >= 15 is 0 Å². The molecule has 0 spiro atoms. The number of anilines is 1. The smallest absolute Gasteiger partial charge is 0.280 e. The van der Waals surface area contributed by atoms with Crippen LogP contribution in [0.1, 0.15) is 53.8 Å². The van der Waals surface area contributed by atoms with Crippen molar-refractivity contribution in [1.29, 1.82) is 0 Å². The van der Waals surface area contributed by atoms with E-state index in [4.69, 9.17) is 4.52 Å². The summed E-state index contributed by atoms with van der Waals surface area (Å²) in [6.07, 6.45) is 5.96. The van der Waals surface area contributed by atoms with E-state index in [1.54, 1.807) is 0 Å². The number of likely N-dealkylation sites (tertiary alicyclic amines) is 1. The molecule has 9 nitrogen and oxygen atoms in total. The number of rotatable bonds is 5. The van der Waals surface area contributed by atoms with Crippen LogP contribution in [0.25, 0.3) is 11.6 Å². The van der Waals surface area contributed by atoms with Crippen molar-refractivity contribution in [3.63, 3.8) is 0 Å². The van der Waals surface area contributed by atoms with Gasteiger partial charge in [0.15, 0.2) is 11.5 Å². The molecule has 5 rings (SSSR count). The summed E-state index contributed by atoms with van der Waals surface area (Å²) in [4.78, 5) is 21.4. The van der Waals surface area contributed by atoms with Crippen molar-refractivity contribution in [2.24, 2.45) is 0 Å². The van der Waals surface area contributed by atoms with Gasteiger partial charge in [0.2, 0.25) is 0 Å². The molecule has 2 aromatic heterocycles. The monoisotopic (exact) mass is 407 g/mol. The van der Waals surface area contributed by atoms with Crippen molar-refractivity contribution < 1.29 is 9.32 Å². The maximum absolute atomic E-state index is 13.0. The minimum absolute atomic E-state index is 0.0521. The Bertz CT molecular complexity index is 1040. The van der Waals surface area contributed by atoms with E-state index < -0.39 is 0 Å². The molecule has 1 aliphatic carbocycles. The first kappa shape index (κ1) is 18.8. The van der Waals surface area contributed by atoms with Crippen LogP contribution in [0.4, 0.5) is 5.69 Å². The van der Waals surface area contributed by atoms with Crippen LogP contribution in [0, 0.1) is 0 Å². The molecule has 3 heterocycles. The van der Waals surface area contributed by atoms with Gasteiger partial charge in [-0.1, -0.05) is 10.4 Å². The Labute approximate surface area is 174 Å². The van der Waals surface area contributed by atoms with Crippen LogP contribution in [0.15, 0.2) is 35.0 Å². The van der Waals surface area contributed by atoms with Gasteiger partial charge >= 0.3 is 0 Å². The molecule has 0 bridgehead atoms. The zero-order valence-corrected chi connectivity index (χ0v) is 17.2. The second-order valence-corrected chi connectivity index (χ2v) is 8.30. The molecule has 3 aromatic rings. The number of piperidine rings is 1. The summed E-state index contributed by atoms with van der Waals surface area (Å²) in [5, 5.41) is 12.5. The average molecular weight is 407 g/mol. The molecule has 9 heteroatoms. The van der Waals surface area contributed by atoms with Crippen LogP contribution >= 0.6 is 0 Å². The number of hydrogen-bond donors (Lipinski definition) is 0. The van der Waals surface area contributed by atoms with Crippen LogP contribution < -0.4 is 4.90 Å². The summed E-state index contributed by atoms with van der Waals surface area (Å²) >= 11 is 0. The van der Waals surface area contributed by atoms with Gasteiger partial charge in [-0.25, -0.2) is 4.68 Å². The molecule has 1 aromatic carbocycles. The third-order valence-corrected chi connectivity index (χ3v) is 5.80. The topological polar surface area (TPSA) is 93.2 Å². The molecule has 2 fully saturated rings. The van der Waals surface area contributed by atoms with Crippen molar-refractivity contribution in [1.82, 2.24) is 30.0 Å². The van der Waals surface area contributed by atoms with E-state index in [2.05, 4.69) is 20.5 Å². The van der Waals surface area contributed by atoms with Gasteiger partial charge in [-0.3, -0.25) is 4.79 Å². The van der Waals surface area contributed by atoms with Crippen LogP contribution in [0.3, 0.4) is 0 Å². The van der Waals surface area contributed by atoms with Crippen molar-refractivity contribution in [2.75, 3.05) is 32.1 Å². The Hall–Kier alpha value is -3.23. The summed E-state index contributed by atoms with van der Waals surface area (Å²) in [7, 11) is 3.97. The molecule has 1 saturated heterocycles. The molecule has 1 aliphatic heterocycles. The maximum atomic E-state index is 13.0. The first-order chi connectivity index (χ1) is 14.6. The number of amides is 1. The molecule has 0 radical (unpaired) electrons. The molecular formula is C21H25N7O2. The third-order valence-electron chi connectivity index (χ3n) is 5.80. The predicted molar refractivity (Wildman–Crippen MR) is 110 cm³/mol. The SMILES string of the molecule is CN(C)c1ccc(C(=O)N2CCCC(n3cc(-c4nc(C5CC5)no4)nn3)C2)cc1. The molecule has 156 valence electrons. The van der Waals surface area contributed by atoms with Gasteiger partial charge < -0.3 is 14.3 Å². The van der Waals surface area contributed by atoms with E-state index in [-0.39, 0.29) is 11.9 Å². The highest BCUT2D eigenvalue weighted by molar-refractivity contribution is 5.94. The van der Waals surface area contributed by atoms with E-state index in [9.17, 15) is 4.79 Å². The Balaban J connectivity index is 1.28. The van der Waals surface area contributed by atoms with Gasteiger partial charge in [-0.15, -0.1) is 5.10 Å². The fourth-order valence-corrected chi connectivity index (χ4v) is 3.84. The van der Waals surface area contributed by atoms with E-state index in [0.717, 1.165) is 43.7 Å². The zero-order valence-electron chi connectivity index (χ0n) is 17.2. The fourth-order valence-electron chi connectivity index (χ4n) is 3.84. The second-order valence-electron chi connectivity index (χ2n) is 8.30. The van der Waals surface area contributed by atoms with E-state index in [1.807, 2.05) is 59.0 Å². The Kier molecular flexibility index (Phi) is 4.72. The minimum Gasteiger partial charge on any atom is -0.378 e. The Morgan fingerprint density at radius 3 is 2.70 bits per heavy atom. The van der Waals surface area contributed by atoms with Crippen LogP contribution in [-0.2, 0) is 0 Å². The zero-order chi connectivity index (χ0) is 20.7. The van der Waals surface area contributed by atoms with Crippen LogP contribution in [-0.4, -0.2) is 63.1 Å². The molecule has 0 N–H and O–H groups in total. The van der Waals surface area contributed by atoms with Crippen molar-refractivity contribution in [3.05, 3.63) is 41.9 Å². The molecule has 1 amide bonds. The lowest BCUT2D eigenvalue weighted by atomic mass is 10.0. The summed E-state index contributed by atoms with van der Waals surface area (Å²) in [6, 6.07) is 7.80. The lowest BCUT2D eigenvalue weighted by Gasteiger charge is -2.32. The summed E-state index contributed by atoms with van der Waals surface area (Å²) in [5.74, 6) is 1.65. The molecule has 2 aliphatic rings. The van der Waals surface area contributed by atoms with Crippen molar-refractivity contribution >= 4 is 11.6 Å². The fraction of sp³-hybridized carbons (Fsp3) is 0.476. The number of aromatic nitrogens is 5. The molecule has 1 saturated carbocycles. The highest BCUT2D eigenvalue weighted by atomic mass is 16.5. The van der Waals surface area contributed by atoms with Gasteiger partial charge in [0.05, 0.1) is 12.2 Å². The highest BCUT2D eigenvalue weighted by Gasteiger charge is 2.30. The number of carbonyl (C=O) groups excluding carboxylic acids is 1. The largest absolute Gasteiger partial charge is 0.378 e. The van der Waals surface area contributed by atoms with E-state index in [1.165, 1.54) is 0 Å². The predicted octanol–water partition coefficient (Wildman–Crippen LogP) is 2.75. The minimum atomic E-state index is 0.0521. The summed E-state index contributed by atoms with van der Waals surface area (Å²) < 4.78 is 7.18. The Morgan fingerprint density at radius 2 is 1.97 bits per heavy atom. The molecule has 1 unspecified atom stereocenters. The average Bonchev–Trinajstić information content (AvgIpc) is 3.30. The van der Waals surface area contributed by atoms with Crippen molar-refractivity contribution in [2.45, 2.75) is 37.6 Å². The van der Waals surface area contributed by atoms with Gasteiger partial charge in [-0.2, -0.15) is 4.98 Å². The lowest BCUT2D eigenvalue weighted by Crippen LogP contribution is -2.40.